The predicted molar refractivity (Wildman–Crippen MR) is 98.8 cm³/mol. The first kappa shape index (κ1) is 18.1. The Balaban J connectivity index is 1.46. The molecule has 3 aromatic heterocycles. The van der Waals surface area contributed by atoms with E-state index in [1.54, 1.807) is 35.9 Å². The molecular weight excluding hydrogens is 362 g/mol. The molecule has 1 fully saturated rings. The summed E-state index contributed by atoms with van der Waals surface area (Å²) >= 11 is 0. The number of pyridine rings is 1. The minimum absolute atomic E-state index is 0.135. The molecule has 0 atom stereocenters. The van der Waals surface area contributed by atoms with E-state index in [1.165, 1.54) is 4.68 Å². The number of nitrogens with zero attached hydrogens (tertiary/aromatic N) is 7. The molecule has 0 unspecified atom stereocenters. The number of aromatic nitrogens is 6. The first-order chi connectivity index (χ1) is 13.3. The summed E-state index contributed by atoms with van der Waals surface area (Å²) in [7, 11) is 3.53. The first-order valence-electron chi connectivity index (χ1n) is 9.02. The lowest BCUT2D eigenvalue weighted by Gasteiger charge is -2.17. The number of carbonyl (C=O) groups excluding carboxylic acids is 1. The molecule has 0 aliphatic heterocycles. The molecule has 4 rings (SSSR count). The Morgan fingerprint density at radius 2 is 2.11 bits per heavy atom. The second-order valence-electron chi connectivity index (χ2n) is 7.26. The van der Waals surface area contributed by atoms with Crippen molar-refractivity contribution in [2.24, 2.45) is 7.05 Å². The van der Waals surface area contributed by atoms with E-state index in [4.69, 9.17) is 0 Å². The molecule has 10 nitrogen and oxygen atoms in total. The van der Waals surface area contributed by atoms with Gasteiger partial charge in [0.25, 0.3) is 5.91 Å². The number of amides is 1. The topological polar surface area (TPSA) is 119 Å². The lowest BCUT2D eigenvalue weighted by Crippen LogP contribution is -2.30. The quantitative estimate of drug-likeness (QED) is 0.667. The van der Waals surface area contributed by atoms with Crippen LogP contribution in [0.2, 0.25) is 0 Å². The summed E-state index contributed by atoms with van der Waals surface area (Å²) in [6.07, 6.45) is 4.94. The number of rotatable bonds is 6. The average Bonchev–Trinajstić information content (AvgIpc) is 3.22. The third kappa shape index (κ3) is 2.90. The Kier molecular flexibility index (Phi) is 4.13. The highest BCUT2D eigenvalue weighted by atomic mass is 16.4. The van der Waals surface area contributed by atoms with Gasteiger partial charge in [-0.05, 0) is 25.8 Å². The lowest BCUT2D eigenvalue weighted by atomic mass is 10.1. The molecular formula is C18H21N7O3. The number of hydrogen-bond donors (Lipinski definition) is 1. The molecule has 1 N–H and O–H groups in total. The van der Waals surface area contributed by atoms with Crippen LogP contribution in [0, 0.1) is 6.92 Å². The minimum atomic E-state index is -0.936. The summed E-state index contributed by atoms with van der Waals surface area (Å²) in [4.78, 5) is 30.3. The number of aryl methyl sites for hydroxylation is 2. The van der Waals surface area contributed by atoms with Crippen LogP contribution in [0.4, 0.5) is 0 Å². The van der Waals surface area contributed by atoms with Gasteiger partial charge in [-0.1, -0.05) is 5.21 Å². The Morgan fingerprint density at radius 3 is 2.79 bits per heavy atom. The van der Waals surface area contributed by atoms with Crippen LogP contribution in [-0.4, -0.2) is 65.2 Å². The minimum Gasteiger partial charge on any atom is -0.479 e. The van der Waals surface area contributed by atoms with E-state index in [0.717, 1.165) is 11.0 Å². The van der Waals surface area contributed by atoms with Gasteiger partial charge in [-0.3, -0.25) is 9.48 Å². The van der Waals surface area contributed by atoms with Crippen LogP contribution in [0.5, 0.6) is 0 Å². The van der Waals surface area contributed by atoms with Crippen LogP contribution >= 0.6 is 0 Å². The number of hydrogen-bond acceptors (Lipinski definition) is 6. The van der Waals surface area contributed by atoms with Crippen LogP contribution in [-0.2, 0) is 23.8 Å². The zero-order valence-electron chi connectivity index (χ0n) is 16.0. The Hall–Kier alpha value is -3.30. The van der Waals surface area contributed by atoms with Crippen molar-refractivity contribution in [1.82, 2.24) is 34.7 Å². The van der Waals surface area contributed by atoms with E-state index in [9.17, 15) is 14.7 Å². The molecule has 0 saturated heterocycles. The fraction of sp³-hybridized carbons (Fsp3) is 0.444. The number of carboxylic acids is 1. The van der Waals surface area contributed by atoms with Gasteiger partial charge < -0.3 is 10.0 Å². The summed E-state index contributed by atoms with van der Waals surface area (Å²) in [5.74, 6) is -1.02. The second kappa shape index (κ2) is 6.39. The van der Waals surface area contributed by atoms with Crippen molar-refractivity contribution in [3.05, 3.63) is 35.4 Å². The molecule has 0 radical (unpaired) electrons. The van der Waals surface area contributed by atoms with Gasteiger partial charge in [0, 0.05) is 33.3 Å². The molecule has 1 aliphatic rings. The SMILES string of the molecule is Cc1nc2cnn(C)c2cc1C(=O)N(C)CCc1cn(C2(C(=O)O)CC2)nn1. The molecule has 0 spiro atoms. The molecule has 0 bridgehead atoms. The second-order valence-corrected chi connectivity index (χ2v) is 7.26. The van der Waals surface area contributed by atoms with Crippen LogP contribution in [0.15, 0.2) is 18.5 Å². The fourth-order valence-corrected chi connectivity index (χ4v) is 3.26. The maximum atomic E-state index is 12.9. The van der Waals surface area contributed by atoms with Gasteiger partial charge in [0.2, 0.25) is 0 Å². The van der Waals surface area contributed by atoms with Gasteiger partial charge in [0.05, 0.1) is 28.7 Å². The highest BCUT2D eigenvalue weighted by Crippen LogP contribution is 2.43. The van der Waals surface area contributed by atoms with E-state index in [0.29, 0.717) is 42.8 Å². The molecule has 1 aliphatic carbocycles. The first-order valence-corrected chi connectivity index (χ1v) is 9.02. The van der Waals surface area contributed by atoms with Crippen molar-refractivity contribution in [2.45, 2.75) is 31.7 Å². The van der Waals surface area contributed by atoms with Crippen LogP contribution < -0.4 is 0 Å². The Bertz CT molecular complexity index is 1080. The van der Waals surface area contributed by atoms with Crippen LogP contribution in [0.3, 0.4) is 0 Å². The fourth-order valence-electron chi connectivity index (χ4n) is 3.26. The molecule has 1 saturated carbocycles. The summed E-state index contributed by atoms with van der Waals surface area (Å²) < 4.78 is 3.11. The smallest absolute Gasteiger partial charge is 0.331 e. The van der Waals surface area contributed by atoms with Crippen molar-refractivity contribution in [2.75, 3.05) is 13.6 Å². The van der Waals surface area contributed by atoms with E-state index >= 15 is 0 Å². The van der Waals surface area contributed by atoms with E-state index in [1.807, 2.05) is 13.1 Å². The number of likely N-dealkylation sites (N-methyl/N-ethyl adjacent to an activating group) is 1. The molecule has 3 heterocycles. The van der Waals surface area contributed by atoms with Gasteiger partial charge in [0.1, 0.15) is 5.52 Å². The Morgan fingerprint density at radius 1 is 1.36 bits per heavy atom. The summed E-state index contributed by atoms with van der Waals surface area (Å²) in [5.41, 5.74) is 2.46. The third-order valence-corrected chi connectivity index (χ3v) is 5.30. The standard InChI is InChI=1S/C18H21N7O3/c1-11-13(8-15-14(20-11)9-19-24(15)3)16(26)23(2)7-4-12-10-25(22-21-12)18(5-6-18)17(27)28/h8-10H,4-7H2,1-3H3,(H,27,28). The average molecular weight is 383 g/mol. The van der Waals surface area contributed by atoms with Gasteiger partial charge in [-0.15, -0.1) is 5.10 Å². The number of carbonyl (C=O) groups is 2. The monoisotopic (exact) mass is 383 g/mol. The highest BCUT2D eigenvalue weighted by molar-refractivity contribution is 5.97. The zero-order chi connectivity index (χ0) is 20.1. The summed E-state index contributed by atoms with van der Waals surface area (Å²) in [6.45, 7) is 2.24. The van der Waals surface area contributed by atoms with Gasteiger partial charge in [-0.2, -0.15) is 5.10 Å². The largest absolute Gasteiger partial charge is 0.479 e. The zero-order valence-corrected chi connectivity index (χ0v) is 16.0. The number of carboxylic acid groups (broad SMARTS) is 1. The highest BCUT2D eigenvalue weighted by Gasteiger charge is 2.53. The summed E-state index contributed by atoms with van der Waals surface area (Å²) in [5, 5.41) is 21.5. The summed E-state index contributed by atoms with van der Waals surface area (Å²) in [6, 6.07) is 1.81. The lowest BCUT2D eigenvalue weighted by molar-refractivity contribution is -0.142. The van der Waals surface area contributed by atoms with Crippen molar-refractivity contribution in [3.8, 4) is 0 Å². The van der Waals surface area contributed by atoms with Gasteiger partial charge in [0.15, 0.2) is 5.54 Å². The maximum Gasteiger partial charge on any atom is 0.331 e. The molecule has 146 valence electrons. The molecule has 28 heavy (non-hydrogen) atoms. The number of aliphatic carboxylic acids is 1. The molecule has 0 aromatic carbocycles. The molecule has 1 amide bonds. The van der Waals surface area contributed by atoms with Gasteiger partial charge in [-0.25, -0.2) is 14.5 Å². The van der Waals surface area contributed by atoms with Crippen molar-refractivity contribution >= 4 is 22.9 Å². The van der Waals surface area contributed by atoms with E-state index in [2.05, 4.69) is 20.4 Å². The van der Waals surface area contributed by atoms with Gasteiger partial charge >= 0.3 is 5.97 Å². The van der Waals surface area contributed by atoms with E-state index in [-0.39, 0.29) is 5.91 Å². The normalized spacial score (nSPS) is 15.0. The van der Waals surface area contributed by atoms with Crippen molar-refractivity contribution < 1.29 is 14.7 Å². The Labute approximate surface area is 160 Å². The third-order valence-electron chi connectivity index (χ3n) is 5.30. The maximum absolute atomic E-state index is 12.9. The molecule has 3 aromatic rings. The predicted octanol–water partition coefficient (Wildman–Crippen LogP) is 0.757. The van der Waals surface area contributed by atoms with Crippen molar-refractivity contribution in [1.29, 1.82) is 0 Å². The number of fused-ring (bicyclic) bond motifs is 1. The van der Waals surface area contributed by atoms with Crippen LogP contribution in [0.25, 0.3) is 11.0 Å². The van der Waals surface area contributed by atoms with E-state index < -0.39 is 11.5 Å². The van der Waals surface area contributed by atoms with Crippen molar-refractivity contribution in [3.63, 3.8) is 0 Å². The van der Waals surface area contributed by atoms with Crippen LogP contribution in [0.1, 0.15) is 34.6 Å². The molecule has 10 heteroatoms.